The van der Waals surface area contributed by atoms with Crippen molar-refractivity contribution < 1.29 is 14.3 Å². The van der Waals surface area contributed by atoms with Gasteiger partial charge in [-0.25, -0.2) is 0 Å². The average Bonchev–Trinajstić information content (AvgIpc) is 2.80. The smallest absolute Gasteiger partial charge is 0.236 e. The van der Waals surface area contributed by atoms with Gasteiger partial charge in [0.25, 0.3) is 0 Å². The summed E-state index contributed by atoms with van der Waals surface area (Å²) < 4.78 is 11.3. The van der Waals surface area contributed by atoms with Crippen molar-refractivity contribution in [2.45, 2.75) is 25.9 Å². The third-order valence-corrected chi connectivity index (χ3v) is 6.13. The van der Waals surface area contributed by atoms with E-state index in [2.05, 4.69) is 11.8 Å². The summed E-state index contributed by atoms with van der Waals surface area (Å²) in [4.78, 5) is 21.8. The lowest BCUT2D eigenvalue weighted by Crippen LogP contribution is -2.47. The molecule has 2 saturated heterocycles. The van der Waals surface area contributed by atoms with Crippen molar-refractivity contribution in [1.29, 1.82) is 0 Å². The van der Waals surface area contributed by atoms with Crippen molar-refractivity contribution in [1.82, 2.24) is 14.8 Å². The van der Waals surface area contributed by atoms with E-state index in [9.17, 15) is 4.79 Å². The number of nitrogens with zero attached hydrogens (tertiary/aromatic N) is 3. The molecular formula is C24H31N3O3. The lowest BCUT2D eigenvalue weighted by molar-refractivity contribution is -0.135. The molecule has 1 amide bonds. The molecule has 160 valence electrons. The highest BCUT2D eigenvalue weighted by Crippen LogP contribution is 2.25. The number of piperidine rings is 1. The maximum atomic E-state index is 12.7. The van der Waals surface area contributed by atoms with Crippen molar-refractivity contribution in [2.24, 2.45) is 5.92 Å². The molecule has 6 heteroatoms. The zero-order valence-electron chi connectivity index (χ0n) is 17.9. The maximum Gasteiger partial charge on any atom is 0.236 e. The first-order chi connectivity index (χ1) is 14.6. The van der Waals surface area contributed by atoms with Gasteiger partial charge in [-0.1, -0.05) is 13.0 Å². The van der Waals surface area contributed by atoms with Crippen LogP contribution in [-0.2, 0) is 9.53 Å². The molecule has 0 bridgehead atoms. The number of amides is 1. The number of likely N-dealkylation sites (tertiary alicyclic amines) is 1. The van der Waals surface area contributed by atoms with Crippen molar-refractivity contribution in [3.05, 3.63) is 48.2 Å². The van der Waals surface area contributed by atoms with E-state index < -0.39 is 0 Å². The second-order valence-corrected chi connectivity index (χ2v) is 8.33. The van der Waals surface area contributed by atoms with Crippen LogP contribution < -0.4 is 4.74 Å². The quantitative estimate of drug-likeness (QED) is 0.758. The Bertz CT molecular complexity index is 847. The SMILES string of the molecule is COc1ccc(-c2cccc([C@@H]3CN(CC(=O)N4CCC(C)CC4)CCO3)n2)cc1. The van der Waals surface area contributed by atoms with E-state index in [1.54, 1.807) is 7.11 Å². The number of benzene rings is 1. The van der Waals surface area contributed by atoms with Gasteiger partial charge in [0.15, 0.2) is 0 Å². The van der Waals surface area contributed by atoms with Gasteiger partial charge >= 0.3 is 0 Å². The van der Waals surface area contributed by atoms with Gasteiger partial charge in [-0.15, -0.1) is 0 Å². The molecule has 0 N–H and O–H groups in total. The third kappa shape index (κ3) is 4.99. The minimum Gasteiger partial charge on any atom is -0.497 e. The Balaban J connectivity index is 1.40. The van der Waals surface area contributed by atoms with Crippen LogP contribution >= 0.6 is 0 Å². The van der Waals surface area contributed by atoms with Gasteiger partial charge in [0.05, 0.1) is 31.6 Å². The molecule has 4 rings (SSSR count). The van der Waals surface area contributed by atoms with Crippen molar-refractivity contribution >= 4 is 5.91 Å². The van der Waals surface area contributed by atoms with Crippen LogP contribution in [0.15, 0.2) is 42.5 Å². The molecule has 0 aliphatic carbocycles. The van der Waals surface area contributed by atoms with Crippen molar-refractivity contribution in [2.75, 3.05) is 46.4 Å². The molecule has 2 aliphatic heterocycles. The molecule has 1 aromatic carbocycles. The molecule has 0 unspecified atom stereocenters. The Morgan fingerprint density at radius 2 is 1.90 bits per heavy atom. The Labute approximate surface area is 178 Å². The van der Waals surface area contributed by atoms with Gasteiger partial charge in [-0.3, -0.25) is 14.7 Å². The summed E-state index contributed by atoms with van der Waals surface area (Å²) in [6.07, 6.45) is 2.10. The highest BCUT2D eigenvalue weighted by atomic mass is 16.5. The monoisotopic (exact) mass is 409 g/mol. The molecule has 2 fully saturated rings. The predicted octanol–water partition coefficient (Wildman–Crippen LogP) is 3.39. The number of pyridine rings is 1. The highest BCUT2D eigenvalue weighted by molar-refractivity contribution is 5.78. The topological polar surface area (TPSA) is 54.9 Å². The van der Waals surface area contributed by atoms with E-state index in [4.69, 9.17) is 14.5 Å². The van der Waals surface area contributed by atoms with Crippen LogP contribution in [0.3, 0.4) is 0 Å². The van der Waals surface area contributed by atoms with Crippen LogP contribution in [-0.4, -0.2) is 67.1 Å². The molecule has 1 aromatic heterocycles. The van der Waals surface area contributed by atoms with Gasteiger partial charge in [-0.2, -0.15) is 0 Å². The van der Waals surface area contributed by atoms with Crippen LogP contribution in [0.5, 0.6) is 5.75 Å². The highest BCUT2D eigenvalue weighted by Gasteiger charge is 2.27. The Morgan fingerprint density at radius 1 is 1.13 bits per heavy atom. The van der Waals surface area contributed by atoms with Crippen molar-refractivity contribution in [3.8, 4) is 17.0 Å². The van der Waals surface area contributed by atoms with Gasteiger partial charge < -0.3 is 14.4 Å². The molecule has 6 nitrogen and oxygen atoms in total. The van der Waals surface area contributed by atoms with Crippen LogP contribution in [0.25, 0.3) is 11.3 Å². The zero-order chi connectivity index (χ0) is 20.9. The first-order valence-corrected chi connectivity index (χ1v) is 10.9. The third-order valence-electron chi connectivity index (χ3n) is 6.13. The van der Waals surface area contributed by atoms with Crippen LogP contribution in [0.2, 0.25) is 0 Å². The minimum absolute atomic E-state index is 0.119. The fraction of sp³-hybridized carbons (Fsp3) is 0.500. The first-order valence-electron chi connectivity index (χ1n) is 10.9. The number of ether oxygens (including phenoxy) is 2. The standard InChI is InChI=1S/C24H31N3O3/c1-18-10-12-27(13-11-18)24(28)17-26-14-15-30-23(16-26)22-5-3-4-21(25-22)19-6-8-20(29-2)9-7-19/h3-9,18,23H,10-17H2,1-2H3/t23-/m0/s1. The first kappa shape index (κ1) is 20.8. The summed E-state index contributed by atoms with van der Waals surface area (Å²) >= 11 is 0. The number of methoxy groups -OCH3 is 1. The Morgan fingerprint density at radius 3 is 2.63 bits per heavy atom. The average molecular weight is 410 g/mol. The van der Waals surface area contributed by atoms with E-state index in [0.717, 1.165) is 61.1 Å². The number of carbonyl (C=O) groups is 1. The fourth-order valence-corrected chi connectivity index (χ4v) is 4.13. The number of morpholine rings is 1. The summed E-state index contributed by atoms with van der Waals surface area (Å²) in [7, 11) is 1.66. The fourth-order valence-electron chi connectivity index (χ4n) is 4.13. The zero-order valence-corrected chi connectivity index (χ0v) is 17.9. The van der Waals surface area contributed by atoms with E-state index in [0.29, 0.717) is 19.7 Å². The second-order valence-electron chi connectivity index (χ2n) is 8.33. The lowest BCUT2D eigenvalue weighted by Gasteiger charge is -2.35. The molecular weight excluding hydrogens is 378 g/mol. The number of hydrogen-bond acceptors (Lipinski definition) is 5. The molecule has 3 heterocycles. The van der Waals surface area contributed by atoms with Crippen LogP contribution in [0.4, 0.5) is 0 Å². The van der Waals surface area contributed by atoms with Crippen molar-refractivity contribution in [3.63, 3.8) is 0 Å². The molecule has 30 heavy (non-hydrogen) atoms. The summed E-state index contributed by atoms with van der Waals surface area (Å²) in [6, 6.07) is 13.9. The predicted molar refractivity (Wildman–Crippen MR) is 116 cm³/mol. The normalized spacial score (nSPS) is 20.9. The second kappa shape index (κ2) is 9.58. The molecule has 0 saturated carbocycles. The van der Waals surface area contributed by atoms with Gasteiger partial charge in [-0.05, 0) is 55.2 Å². The summed E-state index contributed by atoms with van der Waals surface area (Å²) in [5.41, 5.74) is 2.86. The number of aromatic nitrogens is 1. The summed E-state index contributed by atoms with van der Waals surface area (Å²) in [6.45, 7) is 6.59. The molecule has 2 aliphatic rings. The van der Waals surface area contributed by atoms with E-state index in [1.807, 2.05) is 47.4 Å². The number of carbonyl (C=O) groups excluding carboxylic acids is 1. The van der Waals surface area contributed by atoms with E-state index in [-0.39, 0.29) is 12.0 Å². The Kier molecular flexibility index (Phi) is 6.65. The lowest BCUT2D eigenvalue weighted by atomic mass is 9.99. The van der Waals surface area contributed by atoms with E-state index in [1.165, 1.54) is 0 Å². The van der Waals surface area contributed by atoms with Crippen LogP contribution in [0, 0.1) is 5.92 Å². The van der Waals surface area contributed by atoms with Crippen LogP contribution in [0.1, 0.15) is 31.6 Å². The molecule has 0 spiro atoms. The summed E-state index contributed by atoms with van der Waals surface area (Å²) in [5, 5.41) is 0. The van der Waals surface area contributed by atoms with Gasteiger partial charge in [0.2, 0.25) is 5.91 Å². The largest absolute Gasteiger partial charge is 0.497 e. The van der Waals surface area contributed by atoms with Gasteiger partial charge in [0, 0.05) is 31.7 Å². The Hall–Kier alpha value is -2.44. The maximum absolute atomic E-state index is 12.7. The summed E-state index contributed by atoms with van der Waals surface area (Å²) in [5.74, 6) is 1.79. The number of rotatable bonds is 5. The van der Waals surface area contributed by atoms with Gasteiger partial charge in [0.1, 0.15) is 11.9 Å². The molecule has 0 radical (unpaired) electrons. The minimum atomic E-state index is -0.119. The molecule has 1 atom stereocenters. The van der Waals surface area contributed by atoms with E-state index >= 15 is 0 Å². The number of hydrogen-bond donors (Lipinski definition) is 0. The molecule has 2 aromatic rings.